The number of rotatable bonds is 3. The van der Waals surface area contributed by atoms with E-state index in [1.165, 1.54) is 0 Å². The summed E-state index contributed by atoms with van der Waals surface area (Å²) in [5.41, 5.74) is -0.0139. The molecule has 0 N–H and O–H groups in total. The van der Waals surface area contributed by atoms with Gasteiger partial charge in [-0.25, -0.2) is 0 Å². The van der Waals surface area contributed by atoms with Crippen LogP contribution in [0.25, 0.3) is 0 Å². The van der Waals surface area contributed by atoms with E-state index in [2.05, 4.69) is 20.8 Å². The Morgan fingerprint density at radius 2 is 1.15 bits per heavy atom. The Bertz CT molecular complexity index is 87.2. The maximum atomic E-state index is 9.95. The Labute approximate surface area is 93.1 Å². The fourth-order valence-electron chi connectivity index (χ4n) is 0.750. The quantitative estimate of drug-likeness (QED) is 0.690. The van der Waals surface area contributed by atoms with Crippen LogP contribution in [0.1, 0.15) is 41.5 Å². The van der Waals surface area contributed by atoms with Crippen molar-refractivity contribution in [3.63, 3.8) is 0 Å². The molecule has 0 bridgehead atoms. The second-order valence-electron chi connectivity index (χ2n) is 4.52. The molecule has 0 fully saturated rings. The molecule has 0 unspecified atom stereocenters. The molecule has 0 aliphatic rings. The fraction of sp³-hybridized carbons (Fsp3) is 1.00. The van der Waals surface area contributed by atoms with Gasteiger partial charge in [-0.05, 0) is 0 Å². The first-order chi connectivity index (χ1) is 5.91. The second-order valence-corrected chi connectivity index (χ2v) is 18.6. The van der Waals surface area contributed by atoms with E-state index >= 15 is 0 Å². The van der Waals surface area contributed by atoms with Crippen molar-refractivity contribution in [1.82, 2.24) is 0 Å². The minimum absolute atomic E-state index is 0.0139. The van der Waals surface area contributed by atoms with Gasteiger partial charge in [0.05, 0.1) is 0 Å². The summed E-state index contributed by atoms with van der Waals surface area (Å²) in [5.74, 6) is 0. The van der Waals surface area contributed by atoms with Crippen molar-refractivity contribution >= 4 is 22.7 Å². The van der Waals surface area contributed by atoms with E-state index in [0.717, 1.165) is 0 Å². The molecule has 0 saturated carbocycles. The predicted octanol–water partition coefficient (Wildman–Crippen LogP) is 2.93. The monoisotopic (exact) mass is 382 g/mol. The summed E-state index contributed by atoms with van der Waals surface area (Å²) in [4.78, 5) is 0. The molecule has 0 spiro atoms. The Kier molecular flexibility index (Phi) is 11.8. The molecule has 0 aliphatic heterocycles. The van der Waals surface area contributed by atoms with Gasteiger partial charge in [-0.1, -0.05) is 26.2 Å². The van der Waals surface area contributed by atoms with Crippen molar-refractivity contribution in [3.05, 3.63) is 0 Å². The summed E-state index contributed by atoms with van der Waals surface area (Å²) in [6, 6.07) is 0. The Morgan fingerprint density at radius 1 is 0.923 bits per heavy atom. The molecule has 0 aromatic rings. The molecule has 2 heteroatoms. The van der Waals surface area contributed by atoms with Gasteiger partial charge in [-0.3, -0.25) is 0 Å². The van der Waals surface area contributed by atoms with Gasteiger partial charge in [0, 0.05) is 0 Å². The van der Waals surface area contributed by atoms with Gasteiger partial charge in [-0.2, -0.15) is 0 Å². The average molecular weight is 382 g/mol. The molecule has 13 heavy (non-hydrogen) atoms. The fourth-order valence-corrected chi connectivity index (χ4v) is 6.58. The van der Waals surface area contributed by atoms with Gasteiger partial charge in [0.2, 0.25) is 0 Å². The first-order valence-corrected chi connectivity index (χ1v) is 13.6. The third kappa shape index (κ3) is 15.6. The van der Waals surface area contributed by atoms with E-state index in [9.17, 15) is 5.11 Å². The van der Waals surface area contributed by atoms with Gasteiger partial charge < -0.3 is 5.11 Å². The van der Waals surface area contributed by atoms with Gasteiger partial charge in [0.25, 0.3) is 0 Å². The molecule has 0 radical (unpaired) electrons. The van der Waals surface area contributed by atoms with E-state index in [1.807, 2.05) is 20.8 Å². The molecule has 0 aliphatic carbocycles. The number of hydrogen-bond acceptors (Lipinski definition) is 1. The Balaban J connectivity index is 0. The zero-order valence-electron chi connectivity index (χ0n) is 10.2. The molecule has 0 rings (SSSR count). The molecule has 80 valence electrons. The topological polar surface area (TPSA) is 23.1 Å². The summed E-state index contributed by atoms with van der Waals surface area (Å²) >= 11 is -0.789. The third-order valence-electron chi connectivity index (χ3n) is 1.93. The van der Waals surface area contributed by atoms with Crippen LogP contribution in [-0.4, -0.2) is 29.3 Å². The molecular weight excluding hydrogens is 355 g/mol. The van der Waals surface area contributed by atoms with Crippen molar-refractivity contribution in [3.8, 4) is 0 Å². The summed E-state index contributed by atoms with van der Waals surface area (Å²) in [6.45, 7) is 12.9. The van der Waals surface area contributed by atoms with E-state index in [0.29, 0.717) is 0 Å². The van der Waals surface area contributed by atoms with Crippen molar-refractivity contribution in [2.24, 2.45) is 5.41 Å². The SMILES string of the molecule is CC(C)(C)C[O-].C[CH2][Pb+]([CH2]C)[CH2]C. The van der Waals surface area contributed by atoms with Crippen LogP contribution in [0.4, 0.5) is 0 Å². The van der Waals surface area contributed by atoms with E-state index < -0.39 is 22.7 Å². The molecule has 0 aromatic carbocycles. The maximum absolute atomic E-state index is 9.95. The first-order valence-electron chi connectivity index (χ1n) is 5.32. The zero-order chi connectivity index (χ0) is 10.9. The van der Waals surface area contributed by atoms with E-state index in [4.69, 9.17) is 0 Å². The predicted molar refractivity (Wildman–Crippen MR) is 61.5 cm³/mol. The summed E-state index contributed by atoms with van der Waals surface area (Å²) < 4.78 is 4.70. The van der Waals surface area contributed by atoms with Crippen molar-refractivity contribution in [2.45, 2.75) is 53.5 Å². The molecule has 0 amide bonds. The van der Waals surface area contributed by atoms with Crippen LogP contribution in [0.15, 0.2) is 0 Å². The van der Waals surface area contributed by atoms with Gasteiger partial charge >= 0.3 is 55.4 Å². The molecular formula is C11H26OPb. The molecule has 0 heterocycles. The van der Waals surface area contributed by atoms with Gasteiger partial charge in [0.15, 0.2) is 0 Å². The van der Waals surface area contributed by atoms with Crippen molar-refractivity contribution in [2.75, 3.05) is 6.61 Å². The summed E-state index contributed by atoms with van der Waals surface area (Å²) in [6.07, 6.45) is 0. The van der Waals surface area contributed by atoms with Crippen molar-refractivity contribution in [1.29, 1.82) is 0 Å². The molecule has 0 saturated heterocycles. The first kappa shape index (κ1) is 16.3. The molecule has 0 aromatic heterocycles. The van der Waals surface area contributed by atoms with Crippen LogP contribution in [0.5, 0.6) is 0 Å². The summed E-state index contributed by atoms with van der Waals surface area (Å²) in [5, 5.41) is 9.95. The average Bonchev–Trinajstić information content (AvgIpc) is 2.07. The molecule has 0 atom stereocenters. The molecule has 1 nitrogen and oxygen atoms in total. The van der Waals surface area contributed by atoms with Crippen molar-refractivity contribution < 1.29 is 5.11 Å². The van der Waals surface area contributed by atoms with Gasteiger partial charge in [-0.15, -0.1) is 6.61 Å². The Morgan fingerprint density at radius 3 is 1.15 bits per heavy atom. The second kappa shape index (κ2) is 9.44. The van der Waals surface area contributed by atoms with Crippen LogP contribution in [0, 0.1) is 5.41 Å². The van der Waals surface area contributed by atoms with Crippen LogP contribution in [-0.2, 0) is 0 Å². The van der Waals surface area contributed by atoms with Crippen LogP contribution >= 0.6 is 0 Å². The zero-order valence-corrected chi connectivity index (χ0v) is 14.1. The van der Waals surface area contributed by atoms with E-state index in [-0.39, 0.29) is 12.0 Å². The van der Waals surface area contributed by atoms with E-state index in [1.54, 1.807) is 11.9 Å². The van der Waals surface area contributed by atoms with Gasteiger partial charge in [0.1, 0.15) is 0 Å². The Hall–Kier alpha value is 0.882. The van der Waals surface area contributed by atoms with Crippen LogP contribution in [0.3, 0.4) is 0 Å². The third-order valence-corrected chi connectivity index (χ3v) is 13.6. The number of hydrogen-bond donors (Lipinski definition) is 0. The standard InChI is InChI=1S/C5H11O.3C2H5.Pb/c1-5(2,3)4-6;3*1-2;/h4H2,1-3H3;3*1H2,2H3;/q-1;;;;+1. The normalized spacial score (nSPS) is 10.4. The van der Waals surface area contributed by atoms with Crippen LogP contribution < -0.4 is 5.11 Å². The van der Waals surface area contributed by atoms with Crippen LogP contribution in [0.2, 0.25) is 11.9 Å². The minimum atomic E-state index is -0.789. The summed E-state index contributed by atoms with van der Waals surface area (Å²) in [7, 11) is 0.